The minimum absolute atomic E-state index is 0.687. The first-order valence-electron chi connectivity index (χ1n) is 5.30. The molecule has 13 heavy (non-hydrogen) atoms. The molecule has 0 saturated carbocycles. The van der Waals surface area contributed by atoms with Gasteiger partial charge < -0.3 is 5.32 Å². The first-order chi connectivity index (χ1) is 6.38. The highest BCUT2D eigenvalue weighted by molar-refractivity contribution is 7.99. The van der Waals surface area contributed by atoms with Crippen LogP contribution in [0.25, 0.3) is 0 Å². The van der Waals surface area contributed by atoms with Crippen LogP contribution in [-0.2, 0) is 0 Å². The van der Waals surface area contributed by atoms with Crippen molar-refractivity contribution in [3.05, 3.63) is 12.7 Å². The summed E-state index contributed by atoms with van der Waals surface area (Å²) in [5.41, 5.74) is 0. The fourth-order valence-corrected chi connectivity index (χ4v) is 3.16. The Balaban J connectivity index is 2.30. The predicted octanol–water partition coefficient (Wildman–Crippen LogP) is 2.68. The summed E-state index contributed by atoms with van der Waals surface area (Å²) in [4.78, 5) is 0. The van der Waals surface area contributed by atoms with E-state index in [2.05, 4.69) is 36.7 Å². The Labute approximate surface area is 86.4 Å². The van der Waals surface area contributed by atoms with E-state index < -0.39 is 0 Å². The molecule has 0 amide bonds. The van der Waals surface area contributed by atoms with Gasteiger partial charge in [0.2, 0.25) is 0 Å². The van der Waals surface area contributed by atoms with Crippen molar-refractivity contribution in [2.24, 2.45) is 5.92 Å². The molecule has 1 aliphatic rings. The van der Waals surface area contributed by atoms with E-state index in [-0.39, 0.29) is 0 Å². The molecule has 0 aromatic heterocycles. The van der Waals surface area contributed by atoms with Crippen LogP contribution in [0.2, 0.25) is 0 Å². The summed E-state index contributed by atoms with van der Waals surface area (Å²) in [6.45, 7) is 7.21. The van der Waals surface area contributed by atoms with E-state index in [1.165, 1.54) is 24.3 Å². The second-order valence-electron chi connectivity index (χ2n) is 3.71. The standard InChI is InChI=1S/C11H21NS/c1-3-5-11(12-7-4-2)10-6-8-13-9-10/h3,10-12H,1,4-9H2,2H3. The lowest BCUT2D eigenvalue weighted by atomic mass is 9.96. The zero-order valence-electron chi connectivity index (χ0n) is 8.59. The molecule has 0 aliphatic carbocycles. The second-order valence-corrected chi connectivity index (χ2v) is 4.86. The van der Waals surface area contributed by atoms with E-state index in [1.807, 2.05) is 0 Å². The van der Waals surface area contributed by atoms with Crippen molar-refractivity contribution in [2.75, 3.05) is 18.1 Å². The van der Waals surface area contributed by atoms with Gasteiger partial charge in [0.1, 0.15) is 0 Å². The molecule has 1 fully saturated rings. The van der Waals surface area contributed by atoms with E-state index in [4.69, 9.17) is 0 Å². The summed E-state index contributed by atoms with van der Waals surface area (Å²) in [7, 11) is 0. The molecule has 2 heteroatoms. The Morgan fingerprint density at radius 2 is 2.54 bits per heavy atom. The maximum atomic E-state index is 3.83. The maximum absolute atomic E-state index is 3.83. The van der Waals surface area contributed by atoms with Gasteiger partial charge in [-0.1, -0.05) is 13.0 Å². The Bertz CT molecular complexity index is 141. The molecule has 0 radical (unpaired) electrons. The normalized spacial score (nSPS) is 24.5. The topological polar surface area (TPSA) is 12.0 Å². The van der Waals surface area contributed by atoms with Crippen LogP contribution in [0.1, 0.15) is 26.2 Å². The van der Waals surface area contributed by atoms with Crippen molar-refractivity contribution in [3.63, 3.8) is 0 Å². The summed E-state index contributed by atoms with van der Waals surface area (Å²) in [6, 6.07) is 0.687. The summed E-state index contributed by atoms with van der Waals surface area (Å²) < 4.78 is 0. The van der Waals surface area contributed by atoms with Gasteiger partial charge in [0.15, 0.2) is 0 Å². The van der Waals surface area contributed by atoms with Gasteiger partial charge in [-0.05, 0) is 43.2 Å². The van der Waals surface area contributed by atoms with Gasteiger partial charge in [-0.2, -0.15) is 11.8 Å². The van der Waals surface area contributed by atoms with E-state index in [0.29, 0.717) is 6.04 Å². The molecule has 0 spiro atoms. The smallest absolute Gasteiger partial charge is 0.0138 e. The lowest BCUT2D eigenvalue weighted by Gasteiger charge is -2.22. The summed E-state index contributed by atoms with van der Waals surface area (Å²) in [6.07, 6.45) is 5.80. The molecular formula is C11H21NS. The van der Waals surface area contributed by atoms with E-state index >= 15 is 0 Å². The van der Waals surface area contributed by atoms with Gasteiger partial charge in [-0.15, -0.1) is 6.58 Å². The highest BCUT2D eigenvalue weighted by atomic mass is 32.2. The van der Waals surface area contributed by atoms with Crippen molar-refractivity contribution in [2.45, 2.75) is 32.2 Å². The Morgan fingerprint density at radius 1 is 1.69 bits per heavy atom. The van der Waals surface area contributed by atoms with Crippen molar-refractivity contribution < 1.29 is 0 Å². The van der Waals surface area contributed by atoms with Crippen LogP contribution in [0.4, 0.5) is 0 Å². The number of hydrogen-bond donors (Lipinski definition) is 1. The zero-order valence-corrected chi connectivity index (χ0v) is 9.41. The van der Waals surface area contributed by atoms with Crippen LogP contribution in [0, 0.1) is 5.92 Å². The van der Waals surface area contributed by atoms with Crippen molar-refractivity contribution in [1.29, 1.82) is 0 Å². The predicted molar refractivity (Wildman–Crippen MR) is 62.3 cm³/mol. The minimum Gasteiger partial charge on any atom is -0.313 e. The third-order valence-corrected chi connectivity index (χ3v) is 3.80. The summed E-state index contributed by atoms with van der Waals surface area (Å²) >= 11 is 2.10. The quantitative estimate of drug-likeness (QED) is 0.660. The van der Waals surface area contributed by atoms with E-state index in [9.17, 15) is 0 Å². The molecule has 76 valence electrons. The zero-order chi connectivity index (χ0) is 9.52. The number of nitrogens with one attached hydrogen (secondary N) is 1. The highest BCUT2D eigenvalue weighted by Crippen LogP contribution is 2.27. The van der Waals surface area contributed by atoms with Crippen LogP contribution in [0.15, 0.2) is 12.7 Å². The molecule has 0 bridgehead atoms. The van der Waals surface area contributed by atoms with Crippen LogP contribution in [-0.4, -0.2) is 24.1 Å². The summed E-state index contributed by atoms with van der Waals surface area (Å²) in [5.74, 6) is 3.58. The molecule has 1 aliphatic heterocycles. The average Bonchev–Trinajstić information content (AvgIpc) is 2.65. The number of rotatable bonds is 6. The van der Waals surface area contributed by atoms with Gasteiger partial charge in [0.25, 0.3) is 0 Å². The van der Waals surface area contributed by atoms with Crippen molar-refractivity contribution >= 4 is 11.8 Å². The molecule has 1 saturated heterocycles. The van der Waals surface area contributed by atoms with Gasteiger partial charge in [-0.3, -0.25) is 0 Å². The first kappa shape index (κ1) is 11.1. The third kappa shape index (κ3) is 3.74. The van der Waals surface area contributed by atoms with Crippen LogP contribution >= 0.6 is 11.8 Å². The third-order valence-electron chi connectivity index (χ3n) is 2.61. The molecule has 1 rings (SSSR count). The minimum atomic E-state index is 0.687. The average molecular weight is 199 g/mol. The fourth-order valence-electron chi connectivity index (χ4n) is 1.82. The molecule has 0 aromatic rings. The molecule has 1 nitrogen and oxygen atoms in total. The van der Waals surface area contributed by atoms with E-state index in [1.54, 1.807) is 0 Å². The number of hydrogen-bond acceptors (Lipinski definition) is 2. The summed E-state index contributed by atoms with van der Waals surface area (Å²) in [5, 5.41) is 3.63. The van der Waals surface area contributed by atoms with Gasteiger partial charge in [-0.25, -0.2) is 0 Å². The van der Waals surface area contributed by atoms with Gasteiger partial charge in [0, 0.05) is 6.04 Å². The SMILES string of the molecule is C=CCC(NCCC)C1CCSC1. The van der Waals surface area contributed by atoms with Gasteiger partial charge in [0.05, 0.1) is 0 Å². The Hall–Kier alpha value is 0.0500. The molecule has 2 atom stereocenters. The highest BCUT2D eigenvalue weighted by Gasteiger charge is 2.23. The monoisotopic (exact) mass is 199 g/mol. The maximum Gasteiger partial charge on any atom is 0.0138 e. The van der Waals surface area contributed by atoms with Crippen LogP contribution in [0.3, 0.4) is 0 Å². The van der Waals surface area contributed by atoms with Crippen LogP contribution < -0.4 is 5.32 Å². The second kappa shape index (κ2) is 6.50. The number of thioether (sulfide) groups is 1. The van der Waals surface area contributed by atoms with Crippen molar-refractivity contribution in [3.8, 4) is 0 Å². The molecule has 1 heterocycles. The van der Waals surface area contributed by atoms with Gasteiger partial charge >= 0.3 is 0 Å². The molecule has 0 aromatic carbocycles. The lowest BCUT2D eigenvalue weighted by molar-refractivity contribution is 0.385. The first-order valence-corrected chi connectivity index (χ1v) is 6.46. The van der Waals surface area contributed by atoms with Crippen molar-refractivity contribution in [1.82, 2.24) is 5.32 Å². The molecular weight excluding hydrogens is 178 g/mol. The van der Waals surface area contributed by atoms with Crippen LogP contribution in [0.5, 0.6) is 0 Å². The Kier molecular flexibility index (Phi) is 5.56. The largest absolute Gasteiger partial charge is 0.313 e. The Morgan fingerprint density at radius 3 is 3.08 bits per heavy atom. The lowest BCUT2D eigenvalue weighted by Crippen LogP contribution is -2.36. The molecule has 1 N–H and O–H groups in total. The molecule has 2 unspecified atom stereocenters. The van der Waals surface area contributed by atoms with E-state index in [0.717, 1.165) is 18.9 Å². The fraction of sp³-hybridized carbons (Fsp3) is 0.818.